The van der Waals surface area contributed by atoms with E-state index in [1.165, 1.54) is 0 Å². The Balaban J connectivity index is 1.92. The van der Waals surface area contributed by atoms with Gasteiger partial charge >= 0.3 is 0 Å². The summed E-state index contributed by atoms with van der Waals surface area (Å²) in [6, 6.07) is 3.81. The van der Waals surface area contributed by atoms with Crippen LogP contribution in [0.1, 0.15) is 5.56 Å². The zero-order valence-electron chi connectivity index (χ0n) is 8.90. The third-order valence-corrected chi connectivity index (χ3v) is 2.33. The molecule has 0 saturated heterocycles. The molecule has 0 bridgehead atoms. The molecule has 6 heteroatoms. The highest BCUT2D eigenvalue weighted by Crippen LogP contribution is 2.11. The molecule has 17 heavy (non-hydrogen) atoms. The van der Waals surface area contributed by atoms with Crippen LogP contribution in [0, 0.1) is 5.82 Å². The molecule has 0 amide bonds. The van der Waals surface area contributed by atoms with Gasteiger partial charge in [0.2, 0.25) is 5.28 Å². The maximum Gasteiger partial charge on any atom is 0.224 e. The molecule has 0 fully saturated rings. The van der Waals surface area contributed by atoms with Gasteiger partial charge in [-0.2, -0.15) is 4.98 Å². The van der Waals surface area contributed by atoms with Crippen LogP contribution >= 0.6 is 11.6 Å². The second-order valence-electron chi connectivity index (χ2n) is 3.37. The fourth-order valence-corrected chi connectivity index (χ4v) is 1.47. The lowest BCUT2D eigenvalue weighted by molar-refractivity contribution is 0.616. The van der Waals surface area contributed by atoms with Crippen molar-refractivity contribution in [2.24, 2.45) is 0 Å². The van der Waals surface area contributed by atoms with Crippen LogP contribution in [0.3, 0.4) is 0 Å². The minimum absolute atomic E-state index is 0.0234. The van der Waals surface area contributed by atoms with E-state index in [4.69, 9.17) is 11.6 Å². The molecule has 88 valence electrons. The van der Waals surface area contributed by atoms with Crippen molar-refractivity contribution in [3.05, 3.63) is 47.4 Å². The van der Waals surface area contributed by atoms with E-state index in [-0.39, 0.29) is 11.1 Å². The minimum Gasteiger partial charge on any atom is -0.367 e. The summed E-state index contributed by atoms with van der Waals surface area (Å²) in [4.78, 5) is 11.3. The van der Waals surface area contributed by atoms with Crippen molar-refractivity contribution in [2.75, 3.05) is 11.9 Å². The van der Waals surface area contributed by atoms with Crippen LogP contribution < -0.4 is 5.32 Å². The first-order valence-corrected chi connectivity index (χ1v) is 5.44. The molecule has 2 heterocycles. The number of nitrogens with one attached hydrogen (secondary N) is 1. The number of anilines is 1. The molecule has 0 aliphatic carbocycles. The fraction of sp³-hybridized carbons (Fsp3) is 0.182. The molecule has 2 aromatic rings. The first kappa shape index (κ1) is 11.7. The van der Waals surface area contributed by atoms with Gasteiger partial charge in [0.1, 0.15) is 0 Å². The van der Waals surface area contributed by atoms with Crippen LogP contribution in [0.4, 0.5) is 10.2 Å². The van der Waals surface area contributed by atoms with Crippen LogP contribution in [0.2, 0.25) is 5.28 Å². The molecule has 0 aliphatic rings. The molecule has 1 N–H and O–H groups in total. The summed E-state index contributed by atoms with van der Waals surface area (Å²) in [6.07, 6.45) is 5.25. The number of hydrogen-bond donors (Lipinski definition) is 1. The Bertz CT molecular complexity index is 492. The Kier molecular flexibility index (Phi) is 3.82. The summed E-state index contributed by atoms with van der Waals surface area (Å²) in [5.74, 6) is -0.394. The molecule has 0 radical (unpaired) electrons. The zero-order chi connectivity index (χ0) is 12.1. The predicted octanol–water partition coefficient (Wildman–Crippen LogP) is 2.32. The number of hydrogen-bond acceptors (Lipinski definition) is 4. The number of rotatable bonds is 4. The largest absolute Gasteiger partial charge is 0.367 e. The Morgan fingerprint density at radius 2 is 2.24 bits per heavy atom. The van der Waals surface area contributed by atoms with Gasteiger partial charge in [0.15, 0.2) is 11.6 Å². The van der Waals surface area contributed by atoms with E-state index < -0.39 is 5.82 Å². The van der Waals surface area contributed by atoms with E-state index in [1.54, 1.807) is 12.4 Å². The van der Waals surface area contributed by atoms with Crippen LogP contribution in [0.15, 0.2) is 30.7 Å². The van der Waals surface area contributed by atoms with Gasteiger partial charge in [-0.1, -0.05) is 6.07 Å². The Morgan fingerprint density at radius 1 is 1.35 bits per heavy atom. The van der Waals surface area contributed by atoms with Gasteiger partial charge in [-0.3, -0.25) is 4.98 Å². The van der Waals surface area contributed by atoms with Crippen molar-refractivity contribution < 1.29 is 4.39 Å². The van der Waals surface area contributed by atoms with Crippen molar-refractivity contribution in [3.63, 3.8) is 0 Å². The fourth-order valence-electron chi connectivity index (χ4n) is 1.34. The van der Waals surface area contributed by atoms with Gasteiger partial charge in [-0.05, 0) is 29.7 Å². The van der Waals surface area contributed by atoms with E-state index in [9.17, 15) is 4.39 Å². The molecule has 0 spiro atoms. The lowest BCUT2D eigenvalue weighted by atomic mass is 10.2. The molecule has 4 nitrogen and oxygen atoms in total. The first-order valence-electron chi connectivity index (χ1n) is 5.06. The van der Waals surface area contributed by atoms with Crippen molar-refractivity contribution >= 4 is 17.4 Å². The maximum absolute atomic E-state index is 13.2. The maximum atomic E-state index is 13.2. The lowest BCUT2D eigenvalue weighted by Crippen LogP contribution is -2.08. The standard InChI is InChI=1S/C11H10ClFN4/c12-11-16-7-9(13)10(17-11)15-5-3-8-2-1-4-14-6-8/h1-2,4,6-7H,3,5H2,(H,15,16,17). The number of pyridine rings is 1. The second kappa shape index (κ2) is 5.54. The molecule has 0 saturated carbocycles. The van der Waals surface area contributed by atoms with Gasteiger partial charge in [0, 0.05) is 18.9 Å². The SMILES string of the molecule is Fc1cnc(Cl)nc1NCCc1cccnc1. The average molecular weight is 253 g/mol. The predicted molar refractivity (Wildman–Crippen MR) is 63.4 cm³/mol. The highest BCUT2D eigenvalue weighted by atomic mass is 35.5. The summed E-state index contributed by atoms with van der Waals surface area (Å²) in [7, 11) is 0. The number of halogens is 2. The van der Waals surface area contributed by atoms with Crippen LogP contribution in [-0.4, -0.2) is 21.5 Å². The lowest BCUT2D eigenvalue weighted by Gasteiger charge is -2.06. The monoisotopic (exact) mass is 252 g/mol. The van der Waals surface area contributed by atoms with Crippen molar-refractivity contribution in [2.45, 2.75) is 6.42 Å². The summed E-state index contributed by atoms with van der Waals surface area (Å²) < 4.78 is 13.2. The van der Waals surface area contributed by atoms with Crippen LogP contribution in [-0.2, 0) is 6.42 Å². The molecular formula is C11H10ClFN4. The highest BCUT2D eigenvalue weighted by Gasteiger charge is 2.04. The van der Waals surface area contributed by atoms with Gasteiger partial charge < -0.3 is 5.32 Å². The number of nitrogens with zero attached hydrogens (tertiary/aromatic N) is 3. The van der Waals surface area contributed by atoms with Crippen molar-refractivity contribution in [1.82, 2.24) is 15.0 Å². The molecule has 2 aromatic heterocycles. The third kappa shape index (κ3) is 3.35. The van der Waals surface area contributed by atoms with Crippen LogP contribution in [0.25, 0.3) is 0 Å². The van der Waals surface area contributed by atoms with E-state index in [0.717, 1.165) is 18.2 Å². The van der Waals surface area contributed by atoms with Gasteiger partial charge in [0.25, 0.3) is 0 Å². The smallest absolute Gasteiger partial charge is 0.224 e. The Labute approximate surface area is 103 Å². The van der Waals surface area contributed by atoms with E-state index >= 15 is 0 Å². The Morgan fingerprint density at radius 3 is 3.00 bits per heavy atom. The van der Waals surface area contributed by atoms with Gasteiger partial charge in [-0.25, -0.2) is 9.37 Å². The normalized spacial score (nSPS) is 10.2. The summed E-state index contributed by atoms with van der Waals surface area (Å²) >= 11 is 5.57. The summed E-state index contributed by atoms with van der Waals surface area (Å²) in [5, 5.41) is 2.89. The first-order chi connectivity index (χ1) is 8.25. The summed E-state index contributed by atoms with van der Waals surface area (Å²) in [5.41, 5.74) is 1.07. The van der Waals surface area contributed by atoms with Crippen molar-refractivity contribution in [1.29, 1.82) is 0 Å². The van der Waals surface area contributed by atoms with E-state index in [0.29, 0.717) is 6.54 Å². The van der Waals surface area contributed by atoms with E-state index in [2.05, 4.69) is 20.3 Å². The molecule has 2 rings (SSSR count). The molecular weight excluding hydrogens is 243 g/mol. The molecule has 0 aromatic carbocycles. The molecule has 0 atom stereocenters. The average Bonchev–Trinajstić information content (AvgIpc) is 2.35. The van der Waals surface area contributed by atoms with Gasteiger partial charge in [-0.15, -0.1) is 0 Å². The molecule has 0 unspecified atom stereocenters. The second-order valence-corrected chi connectivity index (χ2v) is 3.71. The summed E-state index contributed by atoms with van der Waals surface area (Å²) in [6.45, 7) is 0.552. The topological polar surface area (TPSA) is 50.7 Å². The number of aromatic nitrogens is 3. The minimum atomic E-state index is -0.513. The molecule has 0 aliphatic heterocycles. The quantitative estimate of drug-likeness (QED) is 0.849. The van der Waals surface area contributed by atoms with Crippen LogP contribution in [0.5, 0.6) is 0 Å². The van der Waals surface area contributed by atoms with Gasteiger partial charge in [0.05, 0.1) is 6.20 Å². The zero-order valence-corrected chi connectivity index (χ0v) is 9.65. The Hall–Kier alpha value is -1.75. The highest BCUT2D eigenvalue weighted by molar-refractivity contribution is 6.28. The van der Waals surface area contributed by atoms with E-state index in [1.807, 2.05) is 12.1 Å². The third-order valence-electron chi connectivity index (χ3n) is 2.14. The van der Waals surface area contributed by atoms with Crippen molar-refractivity contribution in [3.8, 4) is 0 Å².